The first-order valence-electron chi connectivity index (χ1n) is 10.1. The van der Waals surface area contributed by atoms with E-state index in [9.17, 15) is 4.79 Å². The van der Waals surface area contributed by atoms with Crippen LogP contribution in [0.1, 0.15) is 55.8 Å². The smallest absolute Gasteiger partial charge is 0.337 e. The van der Waals surface area contributed by atoms with E-state index in [0.29, 0.717) is 5.56 Å². The lowest BCUT2D eigenvalue weighted by Gasteiger charge is -2.35. The molecule has 0 saturated heterocycles. The molecule has 1 aliphatic carbocycles. The Kier molecular flexibility index (Phi) is 6.92. The topological polar surface area (TPSA) is 35.5 Å². The lowest BCUT2D eigenvalue weighted by molar-refractivity contribution is 0.0601. The van der Waals surface area contributed by atoms with Crippen LogP contribution in [0.25, 0.3) is 11.1 Å². The molecule has 0 spiro atoms. The van der Waals surface area contributed by atoms with E-state index in [1.165, 1.54) is 45.6 Å². The molecule has 1 saturated carbocycles. The summed E-state index contributed by atoms with van der Waals surface area (Å²) in [6.07, 6.45) is 8.12. The second-order valence-corrected chi connectivity index (χ2v) is 7.60. The molecule has 0 N–H and O–H groups in total. The largest absolute Gasteiger partial charge is 0.493 e. The Hall–Kier alpha value is -2.29. The maximum absolute atomic E-state index is 11.5. The van der Waals surface area contributed by atoms with Crippen molar-refractivity contribution >= 4 is 5.97 Å². The average molecular weight is 367 g/mol. The van der Waals surface area contributed by atoms with E-state index in [1.807, 2.05) is 24.3 Å². The maximum Gasteiger partial charge on any atom is 0.337 e. The SMILES string of the molecule is CCCCCC1CC(COc2ccc(-c3ccc(C(=O)OC)cc3)cc2)C1. The summed E-state index contributed by atoms with van der Waals surface area (Å²) in [6, 6.07) is 15.7. The molecule has 0 bridgehead atoms. The van der Waals surface area contributed by atoms with E-state index in [-0.39, 0.29) is 5.97 Å². The Labute approximate surface area is 162 Å². The molecule has 0 heterocycles. The van der Waals surface area contributed by atoms with Crippen LogP contribution in [0, 0.1) is 11.8 Å². The summed E-state index contributed by atoms with van der Waals surface area (Å²) in [5, 5.41) is 0. The zero-order valence-corrected chi connectivity index (χ0v) is 16.4. The minimum atomic E-state index is -0.311. The van der Waals surface area contributed by atoms with Crippen LogP contribution in [0.2, 0.25) is 0 Å². The molecular weight excluding hydrogens is 336 g/mol. The van der Waals surface area contributed by atoms with Gasteiger partial charge in [-0.15, -0.1) is 0 Å². The van der Waals surface area contributed by atoms with Gasteiger partial charge in [-0.1, -0.05) is 56.9 Å². The first-order chi connectivity index (χ1) is 13.2. The van der Waals surface area contributed by atoms with Crippen LogP contribution in [0.3, 0.4) is 0 Å². The number of rotatable bonds is 9. The predicted octanol–water partition coefficient (Wildman–Crippen LogP) is 6.13. The second kappa shape index (κ2) is 9.59. The molecule has 3 nitrogen and oxygen atoms in total. The molecule has 2 aromatic rings. The minimum absolute atomic E-state index is 0.311. The van der Waals surface area contributed by atoms with Gasteiger partial charge in [-0.05, 0) is 60.1 Å². The Morgan fingerprint density at radius 3 is 2.15 bits per heavy atom. The number of carbonyl (C=O) groups is 1. The summed E-state index contributed by atoms with van der Waals surface area (Å²) in [7, 11) is 1.39. The number of esters is 1. The molecule has 0 radical (unpaired) electrons. The van der Waals surface area contributed by atoms with Crippen molar-refractivity contribution in [3.63, 3.8) is 0 Å². The number of benzene rings is 2. The predicted molar refractivity (Wildman–Crippen MR) is 109 cm³/mol. The summed E-state index contributed by atoms with van der Waals surface area (Å²) >= 11 is 0. The van der Waals surface area contributed by atoms with Crippen LogP contribution >= 0.6 is 0 Å². The number of methoxy groups -OCH3 is 1. The van der Waals surface area contributed by atoms with Crippen molar-refractivity contribution in [2.45, 2.75) is 45.4 Å². The summed E-state index contributed by atoms with van der Waals surface area (Å²) < 4.78 is 10.7. The Morgan fingerprint density at radius 1 is 0.926 bits per heavy atom. The van der Waals surface area contributed by atoms with Crippen molar-refractivity contribution < 1.29 is 14.3 Å². The highest BCUT2D eigenvalue weighted by Crippen LogP contribution is 2.37. The van der Waals surface area contributed by atoms with Crippen LogP contribution in [0.15, 0.2) is 48.5 Å². The molecule has 1 aliphatic rings. The highest BCUT2D eigenvalue weighted by Gasteiger charge is 2.28. The Bertz CT molecular complexity index is 712. The number of hydrogen-bond acceptors (Lipinski definition) is 3. The van der Waals surface area contributed by atoms with Crippen molar-refractivity contribution in [1.82, 2.24) is 0 Å². The van der Waals surface area contributed by atoms with Gasteiger partial charge < -0.3 is 9.47 Å². The molecule has 0 aromatic heterocycles. The third-order valence-electron chi connectivity index (χ3n) is 5.53. The van der Waals surface area contributed by atoms with Crippen LogP contribution in [0.4, 0.5) is 0 Å². The molecule has 0 amide bonds. The van der Waals surface area contributed by atoms with Crippen LogP contribution in [0.5, 0.6) is 5.75 Å². The van der Waals surface area contributed by atoms with Gasteiger partial charge in [-0.25, -0.2) is 4.79 Å². The third kappa shape index (κ3) is 5.35. The summed E-state index contributed by atoms with van der Waals surface area (Å²) in [4.78, 5) is 11.5. The van der Waals surface area contributed by atoms with Crippen molar-refractivity contribution in [2.75, 3.05) is 13.7 Å². The summed E-state index contributed by atoms with van der Waals surface area (Å²) in [5.41, 5.74) is 2.75. The van der Waals surface area contributed by atoms with Gasteiger partial charge >= 0.3 is 5.97 Å². The van der Waals surface area contributed by atoms with Crippen molar-refractivity contribution in [1.29, 1.82) is 0 Å². The summed E-state index contributed by atoms with van der Waals surface area (Å²) in [5.74, 6) is 2.27. The van der Waals surface area contributed by atoms with Gasteiger partial charge in [0.25, 0.3) is 0 Å². The van der Waals surface area contributed by atoms with E-state index in [0.717, 1.165) is 35.3 Å². The van der Waals surface area contributed by atoms with Gasteiger partial charge in [0.2, 0.25) is 0 Å². The van der Waals surface area contributed by atoms with Crippen molar-refractivity contribution in [3.05, 3.63) is 54.1 Å². The Balaban J connectivity index is 1.45. The van der Waals surface area contributed by atoms with Gasteiger partial charge in [0, 0.05) is 0 Å². The van der Waals surface area contributed by atoms with Crippen LogP contribution in [-0.4, -0.2) is 19.7 Å². The molecule has 3 rings (SSSR count). The molecule has 0 aliphatic heterocycles. The van der Waals surface area contributed by atoms with E-state index in [1.54, 1.807) is 12.1 Å². The molecule has 2 aromatic carbocycles. The Morgan fingerprint density at radius 2 is 1.56 bits per heavy atom. The first kappa shape index (κ1) is 19.5. The van der Waals surface area contributed by atoms with Gasteiger partial charge in [-0.3, -0.25) is 0 Å². The highest BCUT2D eigenvalue weighted by molar-refractivity contribution is 5.89. The molecule has 0 unspecified atom stereocenters. The fourth-order valence-electron chi connectivity index (χ4n) is 3.80. The third-order valence-corrected chi connectivity index (χ3v) is 5.53. The van der Waals surface area contributed by atoms with Gasteiger partial charge in [0.1, 0.15) is 5.75 Å². The van der Waals surface area contributed by atoms with Gasteiger partial charge in [0.05, 0.1) is 19.3 Å². The zero-order valence-electron chi connectivity index (χ0n) is 16.4. The molecular formula is C24H30O3. The normalized spacial score (nSPS) is 18.6. The monoisotopic (exact) mass is 366 g/mol. The van der Waals surface area contributed by atoms with Gasteiger partial charge in [0.15, 0.2) is 0 Å². The number of ether oxygens (including phenoxy) is 2. The van der Waals surface area contributed by atoms with E-state index >= 15 is 0 Å². The summed E-state index contributed by atoms with van der Waals surface area (Å²) in [6.45, 7) is 3.09. The second-order valence-electron chi connectivity index (χ2n) is 7.60. The fraction of sp³-hybridized carbons (Fsp3) is 0.458. The lowest BCUT2D eigenvalue weighted by atomic mass is 9.73. The van der Waals surface area contributed by atoms with Crippen LogP contribution in [-0.2, 0) is 4.74 Å². The van der Waals surface area contributed by atoms with Crippen LogP contribution < -0.4 is 4.74 Å². The number of unbranched alkanes of at least 4 members (excludes halogenated alkanes) is 2. The van der Waals surface area contributed by atoms with Crippen molar-refractivity contribution in [2.24, 2.45) is 11.8 Å². The molecule has 144 valence electrons. The maximum atomic E-state index is 11.5. The first-order valence-corrected chi connectivity index (χ1v) is 10.1. The minimum Gasteiger partial charge on any atom is -0.493 e. The zero-order chi connectivity index (χ0) is 19.1. The lowest BCUT2D eigenvalue weighted by Crippen LogP contribution is -2.28. The average Bonchev–Trinajstić information content (AvgIpc) is 2.69. The van der Waals surface area contributed by atoms with E-state index in [2.05, 4.69) is 19.1 Å². The molecule has 1 fully saturated rings. The number of hydrogen-bond donors (Lipinski definition) is 0. The molecule has 0 atom stereocenters. The highest BCUT2D eigenvalue weighted by atomic mass is 16.5. The molecule has 27 heavy (non-hydrogen) atoms. The quantitative estimate of drug-likeness (QED) is 0.396. The van der Waals surface area contributed by atoms with Gasteiger partial charge in [-0.2, -0.15) is 0 Å². The standard InChI is InChI=1S/C24H30O3/c1-3-4-5-6-18-15-19(16-18)17-27-23-13-11-21(12-14-23)20-7-9-22(10-8-20)24(25)26-2/h7-14,18-19H,3-6,15-17H2,1-2H3. The fourth-order valence-corrected chi connectivity index (χ4v) is 3.80. The molecule has 3 heteroatoms. The van der Waals surface area contributed by atoms with E-state index < -0.39 is 0 Å². The van der Waals surface area contributed by atoms with Crippen molar-refractivity contribution in [3.8, 4) is 16.9 Å². The number of carbonyl (C=O) groups excluding carboxylic acids is 1. The van der Waals surface area contributed by atoms with E-state index in [4.69, 9.17) is 9.47 Å².